The van der Waals surface area contributed by atoms with Gasteiger partial charge in [-0.25, -0.2) is 0 Å². The zero-order valence-electron chi connectivity index (χ0n) is 9.60. The molecule has 17 heavy (non-hydrogen) atoms. The standard InChI is InChI=1S/C14H15NO2/c16-11-13-7-4-10-15(13)14(17)9-8-12-5-2-1-3-6-12/h1-3,5-6,13,16H,4,7,10-11H2/t13-/m1/s1. The maximum absolute atomic E-state index is 11.8. The molecule has 3 nitrogen and oxygen atoms in total. The van der Waals surface area contributed by atoms with Gasteiger partial charge in [0.15, 0.2) is 0 Å². The molecule has 0 unspecified atom stereocenters. The summed E-state index contributed by atoms with van der Waals surface area (Å²) in [4.78, 5) is 13.5. The molecule has 1 aliphatic heterocycles. The second-order valence-corrected chi connectivity index (χ2v) is 4.09. The summed E-state index contributed by atoms with van der Waals surface area (Å²) in [5.41, 5.74) is 0.834. The van der Waals surface area contributed by atoms with Gasteiger partial charge < -0.3 is 10.0 Å². The lowest BCUT2D eigenvalue weighted by atomic mass is 10.2. The van der Waals surface area contributed by atoms with Crippen LogP contribution in [0.3, 0.4) is 0 Å². The van der Waals surface area contributed by atoms with Crippen LogP contribution in [0, 0.1) is 11.8 Å². The molecule has 1 fully saturated rings. The molecule has 0 aromatic heterocycles. The molecule has 0 aliphatic carbocycles. The molecule has 1 atom stereocenters. The monoisotopic (exact) mass is 229 g/mol. The van der Waals surface area contributed by atoms with Gasteiger partial charge in [0.05, 0.1) is 12.6 Å². The van der Waals surface area contributed by atoms with Gasteiger partial charge >= 0.3 is 0 Å². The van der Waals surface area contributed by atoms with Crippen LogP contribution in [0.4, 0.5) is 0 Å². The SMILES string of the molecule is O=C(C#Cc1ccccc1)N1CCC[C@@H]1CO. The van der Waals surface area contributed by atoms with Gasteiger partial charge in [-0.2, -0.15) is 0 Å². The number of amides is 1. The van der Waals surface area contributed by atoms with Crippen molar-refractivity contribution in [2.45, 2.75) is 18.9 Å². The van der Waals surface area contributed by atoms with Gasteiger partial charge in [0.25, 0.3) is 5.91 Å². The van der Waals surface area contributed by atoms with E-state index in [0.29, 0.717) is 6.54 Å². The molecule has 1 aliphatic rings. The van der Waals surface area contributed by atoms with Crippen LogP contribution in [0.25, 0.3) is 0 Å². The van der Waals surface area contributed by atoms with Crippen molar-refractivity contribution >= 4 is 5.91 Å². The molecule has 1 amide bonds. The summed E-state index contributed by atoms with van der Waals surface area (Å²) in [7, 11) is 0. The third-order valence-electron chi connectivity index (χ3n) is 2.94. The van der Waals surface area contributed by atoms with E-state index >= 15 is 0 Å². The number of hydrogen-bond donors (Lipinski definition) is 1. The molecule has 1 aromatic rings. The number of carbonyl (C=O) groups excluding carboxylic acids is 1. The Balaban J connectivity index is 2.05. The molecule has 88 valence electrons. The second kappa shape index (κ2) is 5.51. The molecule has 2 rings (SSSR count). The highest BCUT2D eigenvalue weighted by Crippen LogP contribution is 2.16. The Kier molecular flexibility index (Phi) is 3.79. The highest BCUT2D eigenvalue weighted by atomic mass is 16.3. The van der Waals surface area contributed by atoms with E-state index in [4.69, 9.17) is 5.11 Å². The summed E-state index contributed by atoms with van der Waals surface area (Å²) < 4.78 is 0. The van der Waals surface area contributed by atoms with Gasteiger partial charge in [0.2, 0.25) is 0 Å². The van der Waals surface area contributed by atoms with Gasteiger partial charge in [0, 0.05) is 18.0 Å². The largest absolute Gasteiger partial charge is 0.394 e. The first kappa shape index (κ1) is 11.7. The number of aliphatic hydroxyl groups excluding tert-OH is 1. The highest BCUT2D eigenvalue weighted by Gasteiger charge is 2.26. The molecule has 3 heteroatoms. The minimum Gasteiger partial charge on any atom is -0.394 e. The minimum absolute atomic E-state index is 0.0265. The van der Waals surface area contributed by atoms with Crippen molar-refractivity contribution in [3.8, 4) is 11.8 Å². The van der Waals surface area contributed by atoms with E-state index in [1.165, 1.54) is 0 Å². The van der Waals surface area contributed by atoms with Crippen molar-refractivity contribution in [3.63, 3.8) is 0 Å². The number of hydrogen-bond acceptors (Lipinski definition) is 2. The number of benzene rings is 1. The lowest BCUT2D eigenvalue weighted by Crippen LogP contribution is -2.36. The molecule has 1 heterocycles. The van der Waals surface area contributed by atoms with Gasteiger partial charge in [-0.3, -0.25) is 4.79 Å². The van der Waals surface area contributed by atoms with Gasteiger partial charge in [-0.05, 0) is 25.0 Å². The van der Waals surface area contributed by atoms with Crippen LogP contribution in [-0.4, -0.2) is 35.1 Å². The summed E-state index contributed by atoms with van der Waals surface area (Å²) in [5, 5.41) is 9.13. The van der Waals surface area contributed by atoms with Gasteiger partial charge in [-0.1, -0.05) is 24.1 Å². The molecule has 1 aromatic carbocycles. The number of nitrogens with zero attached hydrogens (tertiary/aromatic N) is 1. The van der Waals surface area contributed by atoms with Crippen LogP contribution < -0.4 is 0 Å². The summed E-state index contributed by atoms with van der Waals surface area (Å²) in [6.07, 6.45) is 1.82. The zero-order chi connectivity index (χ0) is 12.1. The van der Waals surface area contributed by atoms with E-state index in [0.717, 1.165) is 18.4 Å². The molecule has 0 radical (unpaired) electrons. The van der Waals surface area contributed by atoms with Crippen molar-refractivity contribution < 1.29 is 9.90 Å². The summed E-state index contributed by atoms with van der Waals surface area (Å²) in [6, 6.07) is 9.38. The van der Waals surface area contributed by atoms with E-state index in [1.807, 2.05) is 30.3 Å². The lowest BCUT2D eigenvalue weighted by Gasteiger charge is -2.19. The Bertz CT molecular complexity index is 444. The average molecular weight is 229 g/mol. The lowest BCUT2D eigenvalue weighted by molar-refractivity contribution is -0.126. The summed E-state index contributed by atoms with van der Waals surface area (Å²) in [5.74, 6) is 5.28. The predicted molar refractivity (Wildman–Crippen MR) is 65.1 cm³/mol. The van der Waals surface area contributed by atoms with Gasteiger partial charge in [-0.15, -0.1) is 0 Å². The van der Waals surface area contributed by atoms with Crippen LogP contribution in [0.1, 0.15) is 18.4 Å². The third-order valence-corrected chi connectivity index (χ3v) is 2.94. The Morgan fingerprint density at radius 2 is 2.18 bits per heavy atom. The minimum atomic E-state index is -0.189. The van der Waals surface area contributed by atoms with E-state index < -0.39 is 0 Å². The van der Waals surface area contributed by atoms with Crippen LogP contribution in [0.15, 0.2) is 30.3 Å². The maximum Gasteiger partial charge on any atom is 0.299 e. The van der Waals surface area contributed by atoms with Crippen molar-refractivity contribution in [2.75, 3.05) is 13.2 Å². The Morgan fingerprint density at radius 3 is 2.88 bits per heavy atom. The molecule has 0 bridgehead atoms. The first-order valence-electron chi connectivity index (χ1n) is 5.80. The summed E-state index contributed by atoms with van der Waals surface area (Å²) >= 11 is 0. The Morgan fingerprint density at radius 1 is 1.41 bits per heavy atom. The average Bonchev–Trinajstić information content (AvgIpc) is 2.85. The smallest absolute Gasteiger partial charge is 0.299 e. The first-order valence-corrected chi connectivity index (χ1v) is 5.80. The van der Waals surface area contributed by atoms with E-state index in [-0.39, 0.29) is 18.6 Å². The van der Waals surface area contributed by atoms with Crippen molar-refractivity contribution in [2.24, 2.45) is 0 Å². The summed E-state index contributed by atoms with van der Waals surface area (Å²) in [6.45, 7) is 0.728. The highest BCUT2D eigenvalue weighted by molar-refractivity contribution is 5.94. The first-order chi connectivity index (χ1) is 8.31. The molecule has 0 saturated carbocycles. The van der Waals surface area contributed by atoms with Crippen LogP contribution in [-0.2, 0) is 4.79 Å². The molecule has 1 saturated heterocycles. The maximum atomic E-state index is 11.8. The predicted octanol–water partition coefficient (Wildman–Crippen LogP) is 1.02. The third kappa shape index (κ3) is 2.86. The van der Waals surface area contributed by atoms with Crippen molar-refractivity contribution in [1.29, 1.82) is 0 Å². The quantitative estimate of drug-likeness (QED) is 0.730. The fraction of sp³-hybridized carbons (Fsp3) is 0.357. The van der Waals surface area contributed by atoms with E-state index in [9.17, 15) is 4.79 Å². The molecule has 1 N–H and O–H groups in total. The number of aliphatic hydroxyl groups is 1. The fourth-order valence-electron chi connectivity index (χ4n) is 2.01. The topological polar surface area (TPSA) is 40.5 Å². The number of carbonyl (C=O) groups is 1. The number of likely N-dealkylation sites (tertiary alicyclic amines) is 1. The van der Waals surface area contributed by atoms with Gasteiger partial charge in [0.1, 0.15) is 0 Å². The van der Waals surface area contributed by atoms with Crippen molar-refractivity contribution in [1.82, 2.24) is 4.90 Å². The van der Waals surface area contributed by atoms with E-state index in [2.05, 4.69) is 11.8 Å². The molecule has 0 spiro atoms. The zero-order valence-corrected chi connectivity index (χ0v) is 9.60. The normalized spacial score (nSPS) is 18.6. The number of rotatable bonds is 1. The molecular formula is C14H15NO2. The van der Waals surface area contributed by atoms with Crippen LogP contribution >= 0.6 is 0 Å². The second-order valence-electron chi connectivity index (χ2n) is 4.09. The van der Waals surface area contributed by atoms with Crippen LogP contribution in [0.2, 0.25) is 0 Å². The van der Waals surface area contributed by atoms with E-state index in [1.54, 1.807) is 4.90 Å². The van der Waals surface area contributed by atoms with Crippen molar-refractivity contribution in [3.05, 3.63) is 35.9 Å². The molecular weight excluding hydrogens is 214 g/mol. The Hall–Kier alpha value is -1.79. The fourth-order valence-corrected chi connectivity index (χ4v) is 2.01. The Labute approximate surface area is 101 Å². The van der Waals surface area contributed by atoms with Crippen LogP contribution in [0.5, 0.6) is 0 Å².